The molecule has 0 aliphatic carbocycles. The second kappa shape index (κ2) is 7.47. The molecule has 1 heterocycles. The van der Waals surface area contributed by atoms with E-state index in [1.165, 1.54) is 0 Å². The third-order valence-electron chi connectivity index (χ3n) is 3.02. The van der Waals surface area contributed by atoms with Gasteiger partial charge in [0, 0.05) is 17.8 Å². The maximum absolute atomic E-state index is 5.57. The van der Waals surface area contributed by atoms with Crippen LogP contribution in [-0.4, -0.2) is 23.1 Å². The molecule has 5 nitrogen and oxygen atoms in total. The van der Waals surface area contributed by atoms with E-state index in [1.54, 1.807) is 6.33 Å². The number of rotatable bonds is 7. The van der Waals surface area contributed by atoms with E-state index >= 15 is 0 Å². The van der Waals surface area contributed by atoms with Crippen molar-refractivity contribution in [1.29, 1.82) is 0 Å². The third kappa shape index (κ3) is 4.08. The normalized spacial score (nSPS) is 10.2. The van der Waals surface area contributed by atoms with Crippen LogP contribution in [0.4, 0.5) is 17.3 Å². The minimum absolute atomic E-state index is 0.740. The van der Waals surface area contributed by atoms with Crippen molar-refractivity contribution in [3.63, 3.8) is 0 Å². The van der Waals surface area contributed by atoms with E-state index in [1.807, 2.05) is 38.1 Å². The van der Waals surface area contributed by atoms with Gasteiger partial charge >= 0.3 is 0 Å². The molecule has 0 aliphatic heterocycles. The maximum Gasteiger partial charge on any atom is 0.138 e. The summed E-state index contributed by atoms with van der Waals surface area (Å²) in [7, 11) is 0. The first-order valence-electron chi connectivity index (χ1n) is 7.30. The van der Waals surface area contributed by atoms with Crippen molar-refractivity contribution in [1.82, 2.24) is 9.97 Å². The molecule has 0 radical (unpaired) electrons. The van der Waals surface area contributed by atoms with E-state index in [9.17, 15) is 0 Å². The summed E-state index contributed by atoms with van der Waals surface area (Å²) in [6, 6.07) is 7.89. The fourth-order valence-corrected chi connectivity index (χ4v) is 1.91. The summed E-state index contributed by atoms with van der Waals surface area (Å²) in [5, 5.41) is 6.53. The van der Waals surface area contributed by atoms with Gasteiger partial charge in [0.25, 0.3) is 0 Å². The van der Waals surface area contributed by atoms with E-state index in [4.69, 9.17) is 4.74 Å². The molecule has 0 aliphatic rings. The van der Waals surface area contributed by atoms with Crippen LogP contribution in [-0.2, 0) is 0 Å². The predicted octanol–water partition coefficient (Wildman–Crippen LogP) is 3.75. The van der Waals surface area contributed by atoms with Gasteiger partial charge in [0.1, 0.15) is 23.7 Å². The van der Waals surface area contributed by atoms with Crippen molar-refractivity contribution in [3.8, 4) is 5.75 Å². The molecule has 112 valence electrons. The maximum atomic E-state index is 5.57. The number of nitrogens with one attached hydrogen (secondary N) is 2. The van der Waals surface area contributed by atoms with Crippen LogP contribution in [0.3, 0.4) is 0 Å². The molecule has 0 unspecified atom stereocenters. The van der Waals surface area contributed by atoms with Crippen LogP contribution >= 0.6 is 0 Å². The summed E-state index contributed by atoms with van der Waals surface area (Å²) in [5.74, 6) is 2.55. The van der Waals surface area contributed by atoms with Crippen LogP contribution in [0.2, 0.25) is 0 Å². The summed E-state index contributed by atoms with van der Waals surface area (Å²) < 4.78 is 5.57. The van der Waals surface area contributed by atoms with Crippen molar-refractivity contribution < 1.29 is 4.74 Å². The minimum Gasteiger partial charge on any atom is -0.494 e. The lowest BCUT2D eigenvalue weighted by Crippen LogP contribution is -2.05. The lowest BCUT2D eigenvalue weighted by Gasteiger charge is -2.12. The van der Waals surface area contributed by atoms with E-state index < -0.39 is 0 Å². The zero-order valence-corrected chi connectivity index (χ0v) is 12.8. The van der Waals surface area contributed by atoms with Gasteiger partial charge < -0.3 is 15.4 Å². The first-order chi connectivity index (χ1) is 10.2. The van der Waals surface area contributed by atoms with Crippen LogP contribution in [0.25, 0.3) is 0 Å². The molecule has 0 saturated heterocycles. The second-order valence-corrected chi connectivity index (χ2v) is 4.72. The molecule has 0 spiro atoms. The van der Waals surface area contributed by atoms with Crippen molar-refractivity contribution in [2.45, 2.75) is 27.2 Å². The fourth-order valence-electron chi connectivity index (χ4n) is 1.91. The molecular formula is C16H22N4O. The molecule has 0 fully saturated rings. The zero-order chi connectivity index (χ0) is 15.1. The second-order valence-electron chi connectivity index (χ2n) is 4.72. The Bertz CT molecular complexity index is 569. The molecule has 0 bridgehead atoms. The first-order valence-corrected chi connectivity index (χ1v) is 7.30. The Hall–Kier alpha value is -2.30. The number of anilines is 3. The summed E-state index contributed by atoms with van der Waals surface area (Å²) >= 11 is 0. The van der Waals surface area contributed by atoms with E-state index in [0.29, 0.717) is 0 Å². The fraction of sp³-hybridized carbons (Fsp3) is 0.375. The summed E-state index contributed by atoms with van der Waals surface area (Å²) in [5.41, 5.74) is 1.98. The lowest BCUT2D eigenvalue weighted by molar-refractivity contribution is 0.317. The molecule has 2 N–H and O–H groups in total. The summed E-state index contributed by atoms with van der Waals surface area (Å²) in [4.78, 5) is 8.53. The molecule has 2 aromatic rings. The lowest BCUT2D eigenvalue weighted by atomic mass is 10.2. The Labute approximate surface area is 125 Å². The Morgan fingerprint density at radius 1 is 1.05 bits per heavy atom. The topological polar surface area (TPSA) is 59.1 Å². The standard InChI is InChI=1S/C16H22N4O/c1-4-10-21-14-8-6-13(7-9-14)20-16-12(3)15(17-5-2)18-11-19-16/h6-9,11H,4-5,10H2,1-3H3,(H2,17,18,19,20). The Kier molecular flexibility index (Phi) is 5.37. The van der Waals surface area contributed by atoms with Gasteiger partial charge in [-0.25, -0.2) is 9.97 Å². The van der Waals surface area contributed by atoms with Crippen LogP contribution in [0, 0.1) is 6.92 Å². The smallest absolute Gasteiger partial charge is 0.138 e. The molecule has 5 heteroatoms. The monoisotopic (exact) mass is 286 g/mol. The number of aromatic nitrogens is 2. The molecule has 1 aromatic heterocycles. The van der Waals surface area contributed by atoms with Crippen molar-refractivity contribution in [2.75, 3.05) is 23.8 Å². The minimum atomic E-state index is 0.740. The molecule has 21 heavy (non-hydrogen) atoms. The number of benzene rings is 1. The number of hydrogen-bond acceptors (Lipinski definition) is 5. The van der Waals surface area contributed by atoms with Gasteiger partial charge in [0.2, 0.25) is 0 Å². The van der Waals surface area contributed by atoms with Gasteiger partial charge in [-0.3, -0.25) is 0 Å². The van der Waals surface area contributed by atoms with Gasteiger partial charge in [-0.15, -0.1) is 0 Å². The Morgan fingerprint density at radius 3 is 2.43 bits per heavy atom. The average molecular weight is 286 g/mol. The predicted molar refractivity (Wildman–Crippen MR) is 86.4 cm³/mol. The molecular weight excluding hydrogens is 264 g/mol. The van der Waals surface area contributed by atoms with Gasteiger partial charge in [0.05, 0.1) is 6.61 Å². The van der Waals surface area contributed by atoms with Crippen LogP contribution in [0.15, 0.2) is 30.6 Å². The third-order valence-corrected chi connectivity index (χ3v) is 3.02. The quantitative estimate of drug-likeness (QED) is 0.811. The molecule has 0 amide bonds. The first kappa shape index (κ1) is 15.1. The van der Waals surface area contributed by atoms with Crippen LogP contribution < -0.4 is 15.4 Å². The molecule has 2 rings (SSSR count). The largest absolute Gasteiger partial charge is 0.494 e. The highest BCUT2D eigenvalue weighted by Gasteiger charge is 2.06. The van der Waals surface area contributed by atoms with Gasteiger partial charge in [-0.05, 0) is 44.5 Å². The Morgan fingerprint density at radius 2 is 1.76 bits per heavy atom. The van der Waals surface area contributed by atoms with Gasteiger partial charge in [-0.2, -0.15) is 0 Å². The van der Waals surface area contributed by atoms with Crippen molar-refractivity contribution in [2.24, 2.45) is 0 Å². The van der Waals surface area contributed by atoms with Gasteiger partial charge in [0.15, 0.2) is 0 Å². The highest BCUT2D eigenvalue weighted by molar-refractivity contribution is 5.64. The zero-order valence-electron chi connectivity index (χ0n) is 12.8. The molecule has 0 atom stereocenters. The van der Waals surface area contributed by atoms with E-state index in [0.717, 1.165) is 48.2 Å². The number of hydrogen-bond donors (Lipinski definition) is 2. The van der Waals surface area contributed by atoms with Crippen molar-refractivity contribution >= 4 is 17.3 Å². The Balaban J connectivity index is 2.09. The van der Waals surface area contributed by atoms with Crippen molar-refractivity contribution in [3.05, 3.63) is 36.2 Å². The summed E-state index contributed by atoms with van der Waals surface area (Å²) in [6.07, 6.45) is 2.57. The van der Waals surface area contributed by atoms with Gasteiger partial charge in [-0.1, -0.05) is 6.92 Å². The SMILES string of the molecule is CCCOc1ccc(Nc2ncnc(NCC)c2C)cc1. The molecule has 1 aromatic carbocycles. The van der Waals surface area contributed by atoms with Crippen LogP contribution in [0.1, 0.15) is 25.8 Å². The number of ether oxygens (including phenoxy) is 1. The average Bonchev–Trinajstić information content (AvgIpc) is 2.51. The summed E-state index contributed by atoms with van der Waals surface area (Å²) in [6.45, 7) is 7.71. The molecule has 0 saturated carbocycles. The van der Waals surface area contributed by atoms with E-state index in [2.05, 4.69) is 27.5 Å². The highest BCUT2D eigenvalue weighted by atomic mass is 16.5. The highest BCUT2D eigenvalue weighted by Crippen LogP contribution is 2.23. The van der Waals surface area contributed by atoms with Crippen LogP contribution in [0.5, 0.6) is 5.75 Å². The number of nitrogens with zero attached hydrogens (tertiary/aromatic N) is 2. The van der Waals surface area contributed by atoms with E-state index in [-0.39, 0.29) is 0 Å².